The Kier molecular flexibility index (Phi) is 30.5. The summed E-state index contributed by atoms with van der Waals surface area (Å²) in [6.45, 7) is 12.3. The van der Waals surface area contributed by atoms with Gasteiger partial charge in [0, 0.05) is 102 Å². The molecule has 600 valence electrons. The van der Waals surface area contributed by atoms with Gasteiger partial charge in [-0.25, -0.2) is 8.78 Å². The first-order chi connectivity index (χ1) is 50.3. The molecular weight excluding hydrogens is 1430 g/mol. The number of carbonyl (C=O) groups is 13. The van der Waals surface area contributed by atoms with Crippen molar-refractivity contribution < 1.29 is 84.3 Å². The number of rotatable bonds is 14. The molecular formula is C76H111ClF5N13O13. The van der Waals surface area contributed by atoms with Crippen LogP contribution in [0.15, 0.2) is 42.5 Å². The van der Waals surface area contributed by atoms with Crippen LogP contribution >= 0.6 is 11.6 Å². The van der Waals surface area contributed by atoms with Crippen molar-refractivity contribution in [2.75, 3.05) is 89.6 Å². The van der Waals surface area contributed by atoms with Crippen molar-refractivity contribution in [3.63, 3.8) is 0 Å². The molecule has 3 heterocycles. The van der Waals surface area contributed by atoms with Gasteiger partial charge in [-0.1, -0.05) is 115 Å². The molecule has 2 aromatic carbocycles. The summed E-state index contributed by atoms with van der Waals surface area (Å²) >= 11 is 6.16. The number of hydrogen-bond donors (Lipinski definition) is 3. The molecule has 4 aliphatic rings. The van der Waals surface area contributed by atoms with Crippen molar-refractivity contribution in [1.29, 1.82) is 0 Å². The number of amides is 13. The molecule has 3 saturated heterocycles. The lowest BCUT2D eigenvalue weighted by Gasteiger charge is -2.45. The van der Waals surface area contributed by atoms with Gasteiger partial charge in [0.05, 0.1) is 30.0 Å². The largest absolute Gasteiger partial charge is 0.417 e. The number of halogens is 6. The standard InChI is InChI=1S/C76H111ClF5N13O13/c1-18-46(6)62-71(106)88(12)48(8)66(101)95-35-30-54(95)70(105)91(15)57(40-50-24-22-45(5)23-25-50)69(104)87(11)43-59(96)83-53(29-27-49-26-28-51(52(77)39-49)76(80,81)82)67(102)90(14)56(41-61(98)94-36-33-75(78,79)34-37-94)65(100)85-74(31-20-21-32-74)73(108)93(17)63(47(7)19-2)72(107)92(16)58(68(103)86(9)10)42-60(97)89(13)55(38-44(3)4)64(99)84-62/h22-26,28,39,44,46-48,53-58,62-63H,18-21,27,29-38,40-43H2,1-17H3,(H,83,96)(H,84,99)(H,85,100)/t46-,47-,48-,53-,54?,55-,56-,57-,58-,62-,63-/m0/s1. The SMILES string of the molecule is CC[C@H](C)[C@@H]1NC(=O)[C@H](CC(C)C)N(C)C(=O)C[C@@H](C(=O)N(C)C)N(C)C(=O)[C@H]([C@@H](C)CC)N(C)C(=O)C2(CCCC2)NC(=O)[C@H](CC(=O)N2CCC(F)(F)CC2)N(C)C(=O)[C@H](CCc2ccc(C(F)(F)F)c(Cl)c2)NC(=O)CN(C)C(=O)[C@H](Cc2ccc(C)cc2)N(C)C(=O)C2CCN2C(=O)[C@H](C)N(C)C1=O. The van der Waals surface area contributed by atoms with Crippen LogP contribution in [-0.4, -0.2) is 281 Å². The Morgan fingerprint density at radius 3 is 1.78 bits per heavy atom. The first kappa shape index (κ1) is 88.4. The summed E-state index contributed by atoms with van der Waals surface area (Å²) in [5.41, 5.74) is -1.43. The van der Waals surface area contributed by atoms with Gasteiger partial charge in [0.2, 0.25) is 76.8 Å². The molecule has 1 saturated carbocycles. The lowest BCUT2D eigenvalue weighted by Crippen LogP contribution is -2.65. The molecule has 2 aromatic rings. The number of likely N-dealkylation sites (tertiary alicyclic amines) is 1. The van der Waals surface area contributed by atoms with Crippen LogP contribution in [0.4, 0.5) is 22.0 Å². The summed E-state index contributed by atoms with van der Waals surface area (Å²) in [5.74, 6) is -15.2. The van der Waals surface area contributed by atoms with Crippen LogP contribution in [0.1, 0.15) is 154 Å². The van der Waals surface area contributed by atoms with E-state index in [2.05, 4.69) is 16.0 Å². The molecule has 4 fully saturated rings. The second-order valence-corrected chi connectivity index (χ2v) is 31.0. The highest BCUT2D eigenvalue weighted by molar-refractivity contribution is 6.31. The molecule has 0 bridgehead atoms. The molecule has 0 aromatic heterocycles. The maximum Gasteiger partial charge on any atom is 0.417 e. The predicted octanol–water partition coefficient (Wildman–Crippen LogP) is 5.56. The quantitative estimate of drug-likeness (QED) is 0.196. The Morgan fingerprint density at radius 2 is 1.24 bits per heavy atom. The van der Waals surface area contributed by atoms with E-state index < -0.39 is 223 Å². The lowest BCUT2D eigenvalue weighted by atomic mass is 9.90. The van der Waals surface area contributed by atoms with Gasteiger partial charge in [0.1, 0.15) is 59.9 Å². The topological polar surface area (TPSA) is 290 Å². The van der Waals surface area contributed by atoms with Gasteiger partial charge in [0.25, 0.3) is 5.92 Å². The second-order valence-electron chi connectivity index (χ2n) is 30.6. The molecule has 3 aliphatic heterocycles. The summed E-state index contributed by atoms with van der Waals surface area (Å²) in [5, 5.41) is 7.67. The van der Waals surface area contributed by atoms with E-state index in [9.17, 15) is 60.3 Å². The summed E-state index contributed by atoms with van der Waals surface area (Å²) in [4.78, 5) is 206. The smallest absolute Gasteiger partial charge is 0.347 e. The summed E-state index contributed by atoms with van der Waals surface area (Å²) in [6.07, 6.45) is -7.33. The number of nitrogens with zero attached hydrogens (tertiary/aromatic N) is 10. The minimum atomic E-state index is -4.85. The number of aryl methyl sites for hydroxylation is 2. The molecule has 0 radical (unpaired) electrons. The van der Waals surface area contributed by atoms with Gasteiger partial charge < -0.3 is 64.9 Å². The third-order valence-corrected chi connectivity index (χ3v) is 22.6. The van der Waals surface area contributed by atoms with E-state index in [4.69, 9.17) is 11.6 Å². The first-order valence-electron chi connectivity index (χ1n) is 37.2. The number of piperidine rings is 1. The van der Waals surface area contributed by atoms with Crippen LogP contribution in [0.5, 0.6) is 0 Å². The monoisotopic (exact) mass is 1540 g/mol. The van der Waals surface area contributed by atoms with Crippen LogP contribution in [0.25, 0.3) is 0 Å². The van der Waals surface area contributed by atoms with Gasteiger partial charge in [-0.2, -0.15) is 13.2 Å². The molecule has 1 spiro atoms. The minimum Gasteiger partial charge on any atom is -0.347 e. The van der Waals surface area contributed by atoms with E-state index in [-0.39, 0.29) is 63.0 Å². The number of carbonyl (C=O) groups excluding carboxylic acids is 13. The summed E-state index contributed by atoms with van der Waals surface area (Å²) in [7, 11) is 12.0. The fourth-order valence-corrected chi connectivity index (χ4v) is 14.8. The zero-order valence-electron chi connectivity index (χ0n) is 65.5. The Hall–Kier alpha value is -8.51. The van der Waals surface area contributed by atoms with Crippen molar-refractivity contribution in [3.8, 4) is 0 Å². The Balaban J connectivity index is 1.51. The van der Waals surface area contributed by atoms with Gasteiger partial charge in [-0.3, -0.25) is 62.3 Å². The number of alkyl halides is 5. The van der Waals surface area contributed by atoms with Gasteiger partial charge in [-0.15, -0.1) is 0 Å². The Morgan fingerprint density at radius 1 is 0.657 bits per heavy atom. The number of hydrogen-bond acceptors (Lipinski definition) is 13. The van der Waals surface area contributed by atoms with Crippen molar-refractivity contribution in [2.45, 2.75) is 224 Å². The van der Waals surface area contributed by atoms with Crippen molar-refractivity contribution >= 4 is 88.4 Å². The van der Waals surface area contributed by atoms with Crippen molar-refractivity contribution in [1.82, 2.24) is 64.9 Å². The number of benzene rings is 2. The Bertz CT molecular complexity index is 3630. The van der Waals surface area contributed by atoms with Crippen molar-refractivity contribution in [2.24, 2.45) is 17.8 Å². The molecule has 6 rings (SSSR count). The van der Waals surface area contributed by atoms with Crippen LogP contribution in [0, 0.1) is 24.7 Å². The van der Waals surface area contributed by atoms with E-state index in [1.807, 2.05) is 20.8 Å². The molecule has 1 aliphatic carbocycles. The molecule has 32 heteroatoms. The number of likely N-dealkylation sites (N-methyl/N-ethyl adjacent to an activating group) is 8. The molecule has 26 nitrogen and oxygen atoms in total. The second kappa shape index (κ2) is 37.3. The van der Waals surface area contributed by atoms with Crippen LogP contribution in [-0.2, 0) is 81.3 Å². The van der Waals surface area contributed by atoms with Crippen LogP contribution in [0.2, 0.25) is 5.02 Å². The molecule has 3 N–H and O–H groups in total. The van der Waals surface area contributed by atoms with E-state index in [1.165, 1.54) is 78.0 Å². The van der Waals surface area contributed by atoms with Crippen molar-refractivity contribution in [3.05, 3.63) is 69.7 Å². The summed E-state index contributed by atoms with van der Waals surface area (Å²) < 4.78 is 71.3. The third-order valence-electron chi connectivity index (χ3n) is 22.3. The fourth-order valence-electron chi connectivity index (χ4n) is 14.5. The highest BCUT2D eigenvalue weighted by atomic mass is 35.5. The van der Waals surface area contributed by atoms with Gasteiger partial charge in [0.15, 0.2) is 0 Å². The average Bonchev–Trinajstić information content (AvgIpc) is 1.33. The number of nitrogens with one attached hydrogen (secondary N) is 3. The molecule has 13 amide bonds. The zero-order chi connectivity index (χ0) is 81.1. The Labute approximate surface area is 635 Å². The highest BCUT2D eigenvalue weighted by Crippen LogP contribution is 2.37. The lowest BCUT2D eigenvalue weighted by molar-refractivity contribution is -0.160. The highest BCUT2D eigenvalue weighted by Gasteiger charge is 2.52. The van der Waals surface area contributed by atoms with Crippen LogP contribution in [0.3, 0.4) is 0 Å². The van der Waals surface area contributed by atoms with E-state index in [0.29, 0.717) is 24.8 Å². The van der Waals surface area contributed by atoms with Gasteiger partial charge in [-0.05, 0) is 93.4 Å². The van der Waals surface area contributed by atoms with Crippen LogP contribution < -0.4 is 16.0 Å². The maximum atomic E-state index is 15.7. The molecule has 108 heavy (non-hydrogen) atoms. The zero-order valence-corrected chi connectivity index (χ0v) is 66.2. The fraction of sp³-hybridized carbons (Fsp3) is 0.671. The number of fused-ring (bicyclic) bond motifs is 1. The average molecular weight is 1550 g/mol. The summed E-state index contributed by atoms with van der Waals surface area (Å²) in [6, 6.07) is -2.99. The molecule has 1 unspecified atom stereocenters. The van der Waals surface area contributed by atoms with Gasteiger partial charge >= 0.3 is 6.18 Å². The van der Waals surface area contributed by atoms with E-state index in [1.54, 1.807) is 52.0 Å². The third kappa shape index (κ3) is 21.3. The predicted molar refractivity (Wildman–Crippen MR) is 393 cm³/mol. The normalized spacial score (nSPS) is 25.8. The maximum absolute atomic E-state index is 15.7. The minimum absolute atomic E-state index is 0.0520. The van der Waals surface area contributed by atoms with E-state index >= 15 is 24.0 Å². The van der Waals surface area contributed by atoms with E-state index in [0.717, 1.165) is 65.1 Å². The molecule has 11 atom stereocenters. The first-order valence-corrected chi connectivity index (χ1v) is 37.6.